The number of para-hydroxylation sites is 1. The number of aromatic nitrogens is 4. The Kier molecular flexibility index (Phi) is 5.46. The van der Waals surface area contributed by atoms with Crippen LogP contribution in [0.25, 0.3) is 0 Å². The van der Waals surface area contributed by atoms with Crippen LogP contribution in [0.4, 0.5) is 11.6 Å². The number of amides is 1. The van der Waals surface area contributed by atoms with E-state index in [0.29, 0.717) is 0 Å². The Bertz CT molecular complexity index is 955. The molecule has 0 saturated carbocycles. The number of carbonyl (C=O) groups excluding carboxylic acids is 1. The highest BCUT2D eigenvalue weighted by molar-refractivity contribution is 7.99. The van der Waals surface area contributed by atoms with Gasteiger partial charge in [0.1, 0.15) is 0 Å². The maximum atomic E-state index is 12.6. The molecule has 0 aliphatic carbocycles. The third-order valence-electron chi connectivity index (χ3n) is 4.21. The van der Waals surface area contributed by atoms with E-state index in [0.717, 1.165) is 43.8 Å². The van der Waals surface area contributed by atoms with Crippen molar-refractivity contribution in [2.75, 3.05) is 11.1 Å². The third-order valence-corrected chi connectivity index (χ3v) is 5.59. The van der Waals surface area contributed by atoms with Crippen molar-refractivity contribution in [3.8, 4) is 0 Å². The molecule has 1 aromatic carbocycles. The van der Waals surface area contributed by atoms with Crippen LogP contribution in [0, 0.1) is 27.7 Å². The lowest BCUT2D eigenvalue weighted by Crippen LogP contribution is -2.17. The average molecular weight is 382 g/mol. The fourth-order valence-electron chi connectivity index (χ4n) is 2.84. The van der Waals surface area contributed by atoms with Gasteiger partial charge in [0.25, 0.3) is 0 Å². The van der Waals surface area contributed by atoms with Crippen molar-refractivity contribution in [1.29, 1.82) is 0 Å². The van der Waals surface area contributed by atoms with Crippen molar-refractivity contribution in [3.05, 3.63) is 52.6 Å². The van der Waals surface area contributed by atoms with E-state index < -0.39 is 0 Å². The number of nitrogens with zero attached hydrogens (tertiary/aromatic N) is 3. The molecule has 0 unspecified atom stereocenters. The molecule has 27 heavy (non-hydrogen) atoms. The quantitative estimate of drug-likeness (QED) is 0.624. The van der Waals surface area contributed by atoms with E-state index in [1.807, 2.05) is 52.0 Å². The molecule has 0 aliphatic rings. The second-order valence-corrected chi connectivity index (χ2v) is 7.37. The second-order valence-electron chi connectivity index (χ2n) is 6.32. The lowest BCUT2D eigenvalue weighted by atomic mass is 10.1. The molecule has 0 bridgehead atoms. The number of carbonyl (C=O) groups is 1. The van der Waals surface area contributed by atoms with E-state index in [2.05, 4.69) is 25.5 Å². The third kappa shape index (κ3) is 4.28. The van der Waals surface area contributed by atoms with Gasteiger partial charge in [0.2, 0.25) is 11.9 Å². The van der Waals surface area contributed by atoms with E-state index in [9.17, 15) is 4.79 Å². The lowest BCUT2D eigenvalue weighted by molar-refractivity contribution is -0.115. The number of aromatic amines is 1. The molecule has 0 radical (unpaired) electrons. The van der Waals surface area contributed by atoms with Crippen LogP contribution in [0.15, 0.2) is 34.1 Å². The predicted molar refractivity (Wildman–Crippen MR) is 107 cm³/mol. The summed E-state index contributed by atoms with van der Waals surface area (Å²) in [6.45, 7) is 7.61. The number of hydrogen-bond acceptors (Lipinski definition) is 6. The molecule has 0 saturated heterocycles. The zero-order valence-corrected chi connectivity index (χ0v) is 16.6. The van der Waals surface area contributed by atoms with Crippen LogP contribution in [0.3, 0.4) is 0 Å². The van der Waals surface area contributed by atoms with E-state index in [-0.39, 0.29) is 18.3 Å². The van der Waals surface area contributed by atoms with Gasteiger partial charge in [-0.3, -0.25) is 9.89 Å². The molecule has 1 amide bonds. The Balaban J connectivity index is 1.79. The maximum absolute atomic E-state index is 12.6. The number of H-pyrrole nitrogens is 1. The summed E-state index contributed by atoms with van der Waals surface area (Å²) in [6, 6.07) is 7.72. The lowest BCUT2D eigenvalue weighted by Gasteiger charge is -2.12. The van der Waals surface area contributed by atoms with Crippen LogP contribution in [0.5, 0.6) is 0 Å². The van der Waals surface area contributed by atoms with Gasteiger partial charge in [0, 0.05) is 27.5 Å². The molecule has 0 fully saturated rings. The number of benzene rings is 1. The zero-order valence-electron chi connectivity index (χ0n) is 15.8. The standard InChI is InChI=1S/C19H22N6OS/c1-10-14(11(2)22-19(20)21-10)9-17(26)23-15-7-5-6-8-16(15)27-18-12(3)24-25-13(18)4/h5-8H,9H2,1-4H3,(H,23,26)(H,24,25)(H2,20,21,22). The Hall–Kier alpha value is -2.87. The first-order chi connectivity index (χ1) is 12.8. The largest absolute Gasteiger partial charge is 0.368 e. The Morgan fingerprint density at radius 2 is 1.78 bits per heavy atom. The molecule has 4 N–H and O–H groups in total. The molecule has 0 spiro atoms. The zero-order chi connectivity index (χ0) is 19.6. The van der Waals surface area contributed by atoms with E-state index >= 15 is 0 Å². The normalized spacial score (nSPS) is 10.8. The maximum Gasteiger partial charge on any atom is 0.228 e. The summed E-state index contributed by atoms with van der Waals surface area (Å²) in [4.78, 5) is 23.0. The van der Waals surface area contributed by atoms with Gasteiger partial charge in [0.05, 0.1) is 22.7 Å². The van der Waals surface area contributed by atoms with Crippen LogP contribution >= 0.6 is 11.8 Å². The van der Waals surface area contributed by atoms with Crippen LogP contribution < -0.4 is 11.1 Å². The molecule has 2 heterocycles. The number of nitrogens with two attached hydrogens (primary N) is 1. The average Bonchev–Trinajstić information content (AvgIpc) is 2.91. The molecule has 2 aromatic heterocycles. The van der Waals surface area contributed by atoms with Gasteiger partial charge in [-0.2, -0.15) is 5.10 Å². The van der Waals surface area contributed by atoms with Crippen molar-refractivity contribution >= 4 is 29.3 Å². The van der Waals surface area contributed by atoms with Crippen molar-refractivity contribution in [3.63, 3.8) is 0 Å². The molecule has 140 valence electrons. The fraction of sp³-hybridized carbons (Fsp3) is 0.263. The number of rotatable bonds is 5. The highest BCUT2D eigenvalue weighted by Crippen LogP contribution is 2.36. The molecule has 0 atom stereocenters. The summed E-state index contributed by atoms with van der Waals surface area (Å²) >= 11 is 1.58. The summed E-state index contributed by atoms with van der Waals surface area (Å²) in [7, 11) is 0. The molecule has 3 rings (SSSR count). The molecule has 0 aliphatic heterocycles. The number of hydrogen-bond donors (Lipinski definition) is 3. The summed E-state index contributed by atoms with van der Waals surface area (Å²) < 4.78 is 0. The topological polar surface area (TPSA) is 110 Å². The van der Waals surface area contributed by atoms with Crippen molar-refractivity contribution in [1.82, 2.24) is 20.2 Å². The molecule has 8 heteroatoms. The molecular formula is C19H22N6OS. The minimum Gasteiger partial charge on any atom is -0.368 e. The van der Waals surface area contributed by atoms with Crippen molar-refractivity contribution in [2.45, 2.75) is 43.9 Å². The Morgan fingerprint density at radius 1 is 1.11 bits per heavy atom. The summed E-state index contributed by atoms with van der Waals surface area (Å²) in [6.07, 6.45) is 0.195. The number of nitrogen functional groups attached to an aromatic ring is 1. The smallest absolute Gasteiger partial charge is 0.228 e. The minimum atomic E-state index is -0.122. The van der Waals surface area contributed by atoms with E-state index in [4.69, 9.17) is 5.73 Å². The van der Waals surface area contributed by atoms with Gasteiger partial charge in [-0.15, -0.1) is 0 Å². The van der Waals surface area contributed by atoms with Crippen LogP contribution in [0.1, 0.15) is 28.3 Å². The summed E-state index contributed by atoms with van der Waals surface area (Å²) in [5, 5.41) is 10.2. The summed E-state index contributed by atoms with van der Waals surface area (Å²) in [5.41, 5.74) is 10.6. The number of nitrogens with one attached hydrogen (secondary N) is 2. The monoisotopic (exact) mass is 382 g/mol. The Labute approximate surface area is 162 Å². The fourth-order valence-corrected chi connectivity index (χ4v) is 3.82. The van der Waals surface area contributed by atoms with Crippen molar-refractivity contribution in [2.24, 2.45) is 0 Å². The molecule has 7 nitrogen and oxygen atoms in total. The van der Waals surface area contributed by atoms with Gasteiger partial charge in [-0.1, -0.05) is 23.9 Å². The van der Waals surface area contributed by atoms with Gasteiger partial charge in [0.15, 0.2) is 0 Å². The van der Waals surface area contributed by atoms with Gasteiger partial charge >= 0.3 is 0 Å². The van der Waals surface area contributed by atoms with Gasteiger partial charge < -0.3 is 11.1 Å². The first kappa shape index (κ1) is 18.9. The SMILES string of the molecule is Cc1nc(N)nc(C)c1CC(=O)Nc1ccccc1Sc1c(C)n[nH]c1C. The first-order valence-corrected chi connectivity index (χ1v) is 9.34. The predicted octanol–water partition coefficient (Wildman–Crippen LogP) is 3.35. The minimum absolute atomic E-state index is 0.122. The Morgan fingerprint density at radius 3 is 2.41 bits per heavy atom. The number of anilines is 2. The number of aryl methyl sites for hydroxylation is 4. The van der Waals surface area contributed by atoms with E-state index in [1.54, 1.807) is 11.8 Å². The van der Waals surface area contributed by atoms with Crippen molar-refractivity contribution < 1.29 is 4.79 Å². The highest BCUT2D eigenvalue weighted by Gasteiger charge is 2.15. The molecule has 3 aromatic rings. The first-order valence-electron chi connectivity index (χ1n) is 8.53. The summed E-state index contributed by atoms with van der Waals surface area (Å²) in [5.74, 6) is 0.102. The van der Waals surface area contributed by atoms with Gasteiger partial charge in [-0.05, 0) is 39.8 Å². The van der Waals surface area contributed by atoms with E-state index in [1.165, 1.54) is 0 Å². The van der Waals surface area contributed by atoms with Crippen LogP contribution in [0.2, 0.25) is 0 Å². The molecular weight excluding hydrogens is 360 g/mol. The van der Waals surface area contributed by atoms with Gasteiger partial charge in [-0.25, -0.2) is 9.97 Å². The van der Waals surface area contributed by atoms with Crippen LogP contribution in [-0.4, -0.2) is 26.1 Å². The van der Waals surface area contributed by atoms with Crippen LogP contribution in [-0.2, 0) is 11.2 Å². The highest BCUT2D eigenvalue weighted by atomic mass is 32.2. The second kappa shape index (κ2) is 7.79.